The Morgan fingerprint density at radius 3 is 2.83 bits per heavy atom. The average Bonchev–Trinajstić information content (AvgIpc) is 2.91. The number of fused-ring (bicyclic) bond motifs is 1. The summed E-state index contributed by atoms with van der Waals surface area (Å²) in [5.74, 6) is 1.63. The Kier molecular flexibility index (Phi) is 6.38. The topological polar surface area (TPSA) is 112 Å². The number of aromatic nitrogens is 4. The first-order valence-corrected chi connectivity index (χ1v) is 9.19. The number of amides is 1. The maximum absolute atomic E-state index is 12.5. The van der Waals surface area contributed by atoms with E-state index in [1.54, 1.807) is 25.6 Å². The van der Waals surface area contributed by atoms with Crippen molar-refractivity contribution in [2.24, 2.45) is 0 Å². The molecule has 2 rings (SSSR count). The molecule has 0 aromatic carbocycles. The largest absolute Gasteiger partial charge is 0.394 e. The van der Waals surface area contributed by atoms with Crippen molar-refractivity contribution in [2.75, 3.05) is 18.6 Å². The second kappa shape index (κ2) is 8.29. The van der Waals surface area contributed by atoms with E-state index in [1.165, 1.54) is 4.52 Å². The van der Waals surface area contributed by atoms with Crippen LogP contribution in [0.3, 0.4) is 0 Å². The Labute approximate surface area is 144 Å². The van der Waals surface area contributed by atoms with Gasteiger partial charge in [0.25, 0.3) is 11.3 Å². The average molecular weight is 353 g/mol. The minimum atomic E-state index is -0.247. The summed E-state index contributed by atoms with van der Waals surface area (Å²) in [6.07, 6.45) is 3.16. The molecule has 0 aliphatic rings. The van der Waals surface area contributed by atoms with Crippen LogP contribution in [-0.4, -0.2) is 55.3 Å². The molecular weight excluding hydrogens is 330 g/mol. The number of thioether (sulfide) groups is 1. The highest BCUT2D eigenvalue weighted by Gasteiger charge is 2.15. The molecule has 0 aliphatic carbocycles. The van der Waals surface area contributed by atoms with Crippen molar-refractivity contribution in [3.8, 4) is 0 Å². The highest BCUT2D eigenvalue weighted by molar-refractivity contribution is 7.98. The molecule has 0 aliphatic heterocycles. The van der Waals surface area contributed by atoms with Gasteiger partial charge < -0.3 is 10.4 Å². The van der Waals surface area contributed by atoms with Gasteiger partial charge in [0, 0.05) is 12.0 Å². The third kappa shape index (κ3) is 4.35. The van der Waals surface area contributed by atoms with Gasteiger partial charge in [-0.1, -0.05) is 0 Å². The number of hydrogen-bond acceptors (Lipinski definition) is 6. The van der Waals surface area contributed by atoms with E-state index in [-0.39, 0.29) is 30.5 Å². The standard InChI is InChI=1S/C15H23N5O3S/c1-9-12(14(23)20-15(16-9)17-10(2)19-20)4-5-13(22)18-11(8-21)6-7-24-3/h11,21H,4-8H2,1-3H3,(H,18,22)(H,16,17,19). The second-order valence-corrected chi connectivity index (χ2v) is 6.64. The van der Waals surface area contributed by atoms with E-state index >= 15 is 0 Å². The number of nitrogens with zero attached hydrogens (tertiary/aromatic N) is 3. The molecule has 0 radical (unpaired) electrons. The second-order valence-electron chi connectivity index (χ2n) is 5.65. The van der Waals surface area contributed by atoms with Crippen LogP contribution in [0.4, 0.5) is 0 Å². The monoisotopic (exact) mass is 353 g/mol. The molecule has 0 saturated heterocycles. The SMILES string of the molecule is CSCCC(CO)NC(=O)CCc1c(C)nc2nc(C)[nH]n2c1=O. The van der Waals surface area contributed by atoms with E-state index < -0.39 is 0 Å². The number of carbonyl (C=O) groups is 1. The van der Waals surface area contributed by atoms with Crippen molar-refractivity contribution in [3.63, 3.8) is 0 Å². The summed E-state index contributed by atoms with van der Waals surface area (Å²) < 4.78 is 1.30. The number of carbonyl (C=O) groups excluding carboxylic acids is 1. The molecule has 2 aromatic heterocycles. The molecule has 0 saturated carbocycles. The van der Waals surface area contributed by atoms with Crippen LogP contribution in [0.5, 0.6) is 0 Å². The minimum absolute atomic E-state index is 0.0884. The fraction of sp³-hybridized carbons (Fsp3) is 0.600. The lowest BCUT2D eigenvalue weighted by molar-refractivity contribution is -0.122. The van der Waals surface area contributed by atoms with Gasteiger partial charge in [-0.25, -0.2) is 4.98 Å². The van der Waals surface area contributed by atoms with Crippen LogP contribution in [0.25, 0.3) is 5.78 Å². The maximum Gasteiger partial charge on any atom is 0.277 e. The van der Waals surface area contributed by atoms with Gasteiger partial charge in [-0.05, 0) is 38.7 Å². The fourth-order valence-electron chi connectivity index (χ4n) is 2.46. The van der Waals surface area contributed by atoms with Gasteiger partial charge in [0.05, 0.1) is 18.3 Å². The molecule has 2 aromatic rings. The Morgan fingerprint density at radius 2 is 2.17 bits per heavy atom. The number of aryl methyl sites for hydroxylation is 2. The predicted molar refractivity (Wildman–Crippen MR) is 93.4 cm³/mol. The van der Waals surface area contributed by atoms with Crippen molar-refractivity contribution in [2.45, 2.75) is 39.2 Å². The summed E-state index contributed by atoms with van der Waals surface area (Å²) in [6, 6.07) is -0.247. The first kappa shape index (κ1) is 18.5. The van der Waals surface area contributed by atoms with Gasteiger partial charge in [0.15, 0.2) is 0 Å². The summed E-state index contributed by atoms with van der Waals surface area (Å²) in [5, 5.41) is 14.9. The number of aliphatic hydroxyl groups excluding tert-OH is 1. The van der Waals surface area contributed by atoms with E-state index in [1.807, 2.05) is 6.26 Å². The van der Waals surface area contributed by atoms with Crippen LogP contribution in [0.15, 0.2) is 4.79 Å². The summed E-state index contributed by atoms with van der Waals surface area (Å²) in [7, 11) is 0. The van der Waals surface area contributed by atoms with Crippen molar-refractivity contribution in [1.82, 2.24) is 24.9 Å². The van der Waals surface area contributed by atoms with Crippen LogP contribution in [-0.2, 0) is 11.2 Å². The number of hydrogen-bond donors (Lipinski definition) is 3. The van der Waals surface area contributed by atoms with Crippen LogP contribution >= 0.6 is 11.8 Å². The van der Waals surface area contributed by atoms with Gasteiger partial charge >= 0.3 is 0 Å². The summed E-state index contributed by atoms with van der Waals surface area (Å²) >= 11 is 1.67. The molecule has 0 spiro atoms. The van der Waals surface area contributed by atoms with Crippen LogP contribution in [0, 0.1) is 13.8 Å². The Morgan fingerprint density at radius 1 is 1.42 bits per heavy atom. The van der Waals surface area contributed by atoms with E-state index in [4.69, 9.17) is 0 Å². The molecular formula is C15H23N5O3S. The summed E-state index contributed by atoms with van der Waals surface area (Å²) in [6.45, 7) is 3.41. The Bertz CT molecular complexity index is 770. The number of aromatic amines is 1. The molecule has 0 bridgehead atoms. The van der Waals surface area contributed by atoms with E-state index in [0.717, 1.165) is 5.75 Å². The minimum Gasteiger partial charge on any atom is -0.394 e. The molecule has 132 valence electrons. The van der Waals surface area contributed by atoms with Gasteiger partial charge in [0.2, 0.25) is 5.91 Å². The van der Waals surface area contributed by atoms with Crippen LogP contribution < -0.4 is 10.9 Å². The lowest BCUT2D eigenvalue weighted by Crippen LogP contribution is -2.38. The molecule has 1 atom stereocenters. The predicted octanol–water partition coefficient (Wildman–Crippen LogP) is 0.197. The Balaban J connectivity index is 2.05. The third-order valence-electron chi connectivity index (χ3n) is 3.76. The van der Waals surface area contributed by atoms with Gasteiger partial charge in [-0.3, -0.25) is 14.7 Å². The quantitative estimate of drug-likeness (QED) is 0.625. The highest BCUT2D eigenvalue weighted by Crippen LogP contribution is 2.06. The van der Waals surface area contributed by atoms with Crippen molar-refractivity contribution < 1.29 is 9.90 Å². The molecule has 0 fully saturated rings. The van der Waals surface area contributed by atoms with Crippen molar-refractivity contribution >= 4 is 23.4 Å². The van der Waals surface area contributed by atoms with Gasteiger partial charge in [-0.2, -0.15) is 21.3 Å². The molecule has 1 unspecified atom stereocenters. The van der Waals surface area contributed by atoms with E-state index in [0.29, 0.717) is 35.7 Å². The Hall–Kier alpha value is -1.87. The molecule has 2 heterocycles. The number of aliphatic hydroxyl groups is 1. The molecule has 8 nitrogen and oxygen atoms in total. The molecule has 9 heteroatoms. The normalized spacial score (nSPS) is 12.5. The zero-order chi connectivity index (χ0) is 17.7. The first-order chi connectivity index (χ1) is 11.5. The summed E-state index contributed by atoms with van der Waals surface area (Å²) in [4.78, 5) is 33.0. The third-order valence-corrected chi connectivity index (χ3v) is 4.41. The highest BCUT2D eigenvalue weighted by atomic mass is 32.2. The van der Waals surface area contributed by atoms with Crippen molar-refractivity contribution in [3.05, 3.63) is 27.4 Å². The van der Waals surface area contributed by atoms with Crippen molar-refractivity contribution in [1.29, 1.82) is 0 Å². The number of rotatable bonds is 8. The van der Waals surface area contributed by atoms with Crippen LogP contribution in [0.1, 0.15) is 29.9 Å². The maximum atomic E-state index is 12.5. The molecule has 24 heavy (non-hydrogen) atoms. The van der Waals surface area contributed by atoms with E-state index in [2.05, 4.69) is 20.4 Å². The van der Waals surface area contributed by atoms with Crippen LogP contribution in [0.2, 0.25) is 0 Å². The molecule has 3 N–H and O–H groups in total. The lowest BCUT2D eigenvalue weighted by atomic mass is 10.1. The fourth-order valence-corrected chi connectivity index (χ4v) is 2.98. The summed E-state index contributed by atoms with van der Waals surface area (Å²) in [5.41, 5.74) is 0.850. The molecule has 1 amide bonds. The smallest absolute Gasteiger partial charge is 0.277 e. The number of H-pyrrole nitrogens is 1. The zero-order valence-corrected chi connectivity index (χ0v) is 14.9. The number of nitrogens with one attached hydrogen (secondary N) is 2. The van der Waals surface area contributed by atoms with Gasteiger partial charge in [0.1, 0.15) is 5.82 Å². The lowest BCUT2D eigenvalue weighted by Gasteiger charge is -2.15. The van der Waals surface area contributed by atoms with Gasteiger partial charge in [-0.15, -0.1) is 0 Å². The first-order valence-electron chi connectivity index (χ1n) is 7.80. The van der Waals surface area contributed by atoms with E-state index in [9.17, 15) is 14.7 Å². The zero-order valence-electron chi connectivity index (χ0n) is 14.1.